The van der Waals surface area contributed by atoms with Crippen LogP contribution in [0.25, 0.3) is 22.2 Å². The lowest BCUT2D eigenvalue weighted by Crippen LogP contribution is -2.42. The molecular weight excluding hydrogens is 448 g/mol. The Morgan fingerprint density at radius 1 is 1.14 bits per heavy atom. The smallest absolute Gasteiger partial charge is 0.224 e. The van der Waals surface area contributed by atoms with Gasteiger partial charge in [0, 0.05) is 67.1 Å². The van der Waals surface area contributed by atoms with Gasteiger partial charge in [0.15, 0.2) is 0 Å². The summed E-state index contributed by atoms with van der Waals surface area (Å²) in [5.74, 6) is 0.704. The highest BCUT2D eigenvalue weighted by Gasteiger charge is 2.37. The number of rotatable bonds is 8. The van der Waals surface area contributed by atoms with Gasteiger partial charge in [-0.25, -0.2) is 4.98 Å². The quantitative estimate of drug-likeness (QED) is 0.426. The lowest BCUT2D eigenvalue weighted by molar-refractivity contribution is 0.111. The van der Waals surface area contributed by atoms with Crippen molar-refractivity contribution in [3.05, 3.63) is 42.2 Å². The third-order valence-electron chi connectivity index (χ3n) is 8.55. The number of nitrogens with one attached hydrogen (secondary N) is 2. The Morgan fingerprint density at radius 2 is 1.94 bits per heavy atom. The molecule has 2 saturated heterocycles. The van der Waals surface area contributed by atoms with Crippen LogP contribution in [-0.2, 0) is 6.54 Å². The monoisotopic (exact) mass is 488 g/mol. The number of aliphatic hydroxyl groups excluding tert-OH is 1. The minimum atomic E-state index is -0.168. The fraction of sp³-hybridized carbons (Fsp3) is 0.586. The summed E-state index contributed by atoms with van der Waals surface area (Å²) in [5, 5.41) is 18.3. The van der Waals surface area contributed by atoms with Crippen LogP contribution in [0.4, 0.5) is 5.95 Å². The number of aromatic nitrogens is 3. The van der Waals surface area contributed by atoms with Gasteiger partial charge in [-0.15, -0.1) is 0 Å². The van der Waals surface area contributed by atoms with Gasteiger partial charge >= 0.3 is 0 Å². The molecule has 3 aliphatic rings. The minimum Gasteiger partial charge on any atom is -0.393 e. The van der Waals surface area contributed by atoms with E-state index in [0.29, 0.717) is 30.1 Å². The molecule has 3 aromatic rings. The minimum absolute atomic E-state index is 0.168. The van der Waals surface area contributed by atoms with Crippen LogP contribution >= 0.6 is 0 Å². The molecule has 1 saturated carbocycles. The predicted molar refractivity (Wildman–Crippen MR) is 145 cm³/mol. The normalized spacial score (nSPS) is 27.1. The molecule has 192 valence electrons. The van der Waals surface area contributed by atoms with E-state index in [1.54, 1.807) is 0 Å². The molecular formula is C29H40N6O. The van der Waals surface area contributed by atoms with Crippen molar-refractivity contribution >= 4 is 17.0 Å². The van der Waals surface area contributed by atoms with Crippen LogP contribution in [0.5, 0.6) is 0 Å². The lowest BCUT2D eigenvalue weighted by atomic mass is 9.93. The van der Waals surface area contributed by atoms with Gasteiger partial charge < -0.3 is 20.3 Å². The Hall–Kier alpha value is -2.48. The molecule has 7 nitrogen and oxygen atoms in total. The summed E-state index contributed by atoms with van der Waals surface area (Å²) in [6, 6.07) is 11.2. The molecule has 4 heterocycles. The highest BCUT2D eigenvalue weighted by Crippen LogP contribution is 2.37. The summed E-state index contributed by atoms with van der Waals surface area (Å²) >= 11 is 0. The van der Waals surface area contributed by atoms with Gasteiger partial charge in [0.2, 0.25) is 5.95 Å². The average molecular weight is 489 g/mol. The Balaban J connectivity index is 1.29. The van der Waals surface area contributed by atoms with Crippen LogP contribution in [-0.4, -0.2) is 61.9 Å². The van der Waals surface area contributed by atoms with E-state index in [9.17, 15) is 5.11 Å². The Kier molecular flexibility index (Phi) is 6.71. The van der Waals surface area contributed by atoms with Crippen molar-refractivity contribution in [3.63, 3.8) is 0 Å². The van der Waals surface area contributed by atoms with Crippen molar-refractivity contribution < 1.29 is 5.11 Å². The fourth-order valence-corrected chi connectivity index (χ4v) is 6.53. The molecule has 2 aromatic heterocycles. The van der Waals surface area contributed by atoms with E-state index < -0.39 is 0 Å². The summed E-state index contributed by atoms with van der Waals surface area (Å²) in [6.07, 6.45) is 11.3. The van der Waals surface area contributed by atoms with Crippen molar-refractivity contribution in [2.75, 3.05) is 18.4 Å². The van der Waals surface area contributed by atoms with E-state index in [2.05, 4.69) is 64.4 Å². The zero-order valence-corrected chi connectivity index (χ0v) is 21.7. The highest BCUT2D eigenvalue weighted by molar-refractivity contribution is 5.94. The van der Waals surface area contributed by atoms with Gasteiger partial charge in [-0.2, -0.15) is 4.98 Å². The molecule has 0 amide bonds. The molecule has 0 spiro atoms. The van der Waals surface area contributed by atoms with Gasteiger partial charge in [0.25, 0.3) is 0 Å². The molecule has 36 heavy (non-hydrogen) atoms. The third kappa shape index (κ3) is 4.76. The number of likely N-dealkylation sites (tertiary alicyclic amines) is 1. The first-order valence-electron chi connectivity index (χ1n) is 14.0. The van der Waals surface area contributed by atoms with Gasteiger partial charge in [-0.1, -0.05) is 37.6 Å². The first kappa shape index (κ1) is 23.9. The predicted octanol–water partition coefficient (Wildman–Crippen LogP) is 4.72. The Bertz CT molecular complexity index is 1180. The van der Waals surface area contributed by atoms with Crippen molar-refractivity contribution in [2.45, 2.75) is 95.6 Å². The maximum Gasteiger partial charge on any atom is 0.224 e. The van der Waals surface area contributed by atoms with Crippen LogP contribution in [0.15, 0.2) is 36.7 Å². The number of nitrogens with zero attached hydrogens (tertiary/aromatic N) is 4. The van der Waals surface area contributed by atoms with E-state index in [0.717, 1.165) is 62.6 Å². The second kappa shape index (κ2) is 10.1. The second-order valence-corrected chi connectivity index (χ2v) is 11.3. The maximum absolute atomic E-state index is 10.1. The van der Waals surface area contributed by atoms with E-state index in [1.807, 2.05) is 6.20 Å². The molecule has 2 aliphatic heterocycles. The first-order valence-corrected chi connectivity index (χ1v) is 14.0. The molecule has 3 N–H and O–H groups in total. The average Bonchev–Trinajstić information content (AvgIpc) is 3.60. The lowest BCUT2D eigenvalue weighted by Gasteiger charge is -2.27. The van der Waals surface area contributed by atoms with E-state index in [-0.39, 0.29) is 6.10 Å². The topological polar surface area (TPSA) is 78.2 Å². The van der Waals surface area contributed by atoms with E-state index in [1.165, 1.54) is 29.7 Å². The van der Waals surface area contributed by atoms with Crippen molar-refractivity contribution in [3.8, 4) is 11.1 Å². The molecule has 7 heteroatoms. The van der Waals surface area contributed by atoms with Crippen LogP contribution in [0, 0.1) is 0 Å². The molecule has 3 fully saturated rings. The Labute approximate surface area is 214 Å². The van der Waals surface area contributed by atoms with Crippen LogP contribution in [0.1, 0.15) is 70.4 Å². The number of hydrogen-bond donors (Lipinski definition) is 3. The second-order valence-electron chi connectivity index (χ2n) is 11.3. The SMILES string of the molecule is CCCC(C)Nc1ncc2c(-c3ccc(CN4C[C@@H]5C[C@H]4CN5)cc3)cn([C@H]3CC[C@H](O)CC3)c2n1. The van der Waals surface area contributed by atoms with Crippen LogP contribution in [0.2, 0.25) is 0 Å². The zero-order valence-electron chi connectivity index (χ0n) is 21.7. The number of piperazine rings is 1. The summed E-state index contributed by atoms with van der Waals surface area (Å²) in [7, 11) is 0. The molecule has 2 bridgehead atoms. The summed E-state index contributed by atoms with van der Waals surface area (Å²) < 4.78 is 2.36. The number of fused-ring (bicyclic) bond motifs is 3. The molecule has 6 rings (SSSR count). The first-order chi connectivity index (χ1) is 17.6. The number of anilines is 1. The number of aliphatic hydroxyl groups is 1. The van der Waals surface area contributed by atoms with Gasteiger partial charge in [-0.3, -0.25) is 4.90 Å². The van der Waals surface area contributed by atoms with Crippen LogP contribution in [0.3, 0.4) is 0 Å². The molecule has 3 atom stereocenters. The molecule has 1 unspecified atom stereocenters. The van der Waals surface area contributed by atoms with Crippen molar-refractivity contribution in [2.24, 2.45) is 0 Å². The maximum atomic E-state index is 10.1. The standard InChI is InChI=1S/C29H40N6O/c1-3-4-19(2)32-29-31-15-26-27(18-35(28(26)33-29)23-9-11-25(36)12-10-23)21-7-5-20(6-8-21)16-34-17-22-13-24(34)14-30-22/h5-8,15,18-19,22-25,30,36H,3-4,9-14,16-17H2,1-2H3,(H,31,32,33)/t19?,22-,23-,24-,25-/m0/s1. The Morgan fingerprint density at radius 3 is 2.64 bits per heavy atom. The van der Waals surface area contributed by atoms with E-state index in [4.69, 9.17) is 9.97 Å². The summed E-state index contributed by atoms with van der Waals surface area (Å²) in [4.78, 5) is 12.3. The molecule has 1 aromatic carbocycles. The van der Waals surface area contributed by atoms with Crippen molar-refractivity contribution in [1.29, 1.82) is 0 Å². The van der Waals surface area contributed by atoms with Crippen LogP contribution < -0.4 is 10.6 Å². The molecule has 1 aliphatic carbocycles. The summed E-state index contributed by atoms with van der Waals surface area (Å²) in [6.45, 7) is 7.72. The number of hydrogen-bond acceptors (Lipinski definition) is 6. The van der Waals surface area contributed by atoms with Gasteiger partial charge in [-0.05, 0) is 56.6 Å². The highest BCUT2D eigenvalue weighted by atomic mass is 16.3. The van der Waals surface area contributed by atoms with E-state index >= 15 is 0 Å². The largest absolute Gasteiger partial charge is 0.393 e. The molecule has 0 radical (unpaired) electrons. The fourth-order valence-electron chi connectivity index (χ4n) is 6.53. The van der Waals surface area contributed by atoms with Gasteiger partial charge in [0.1, 0.15) is 5.65 Å². The van der Waals surface area contributed by atoms with Gasteiger partial charge in [0.05, 0.1) is 6.10 Å². The number of benzene rings is 1. The zero-order chi connectivity index (χ0) is 24.6. The third-order valence-corrected chi connectivity index (χ3v) is 8.55. The summed E-state index contributed by atoms with van der Waals surface area (Å²) in [5.41, 5.74) is 4.79. The van der Waals surface area contributed by atoms with Crippen molar-refractivity contribution in [1.82, 2.24) is 24.8 Å².